The Labute approximate surface area is 118 Å². The van der Waals surface area contributed by atoms with Gasteiger partial charge in [-0.05, 0) is 29.7 Å². The van der Waals surface area contributed by atoms with Crippen molar-refractivity contribution in [2.75, 3.05) is 6.54 Å². The van der Waals surface area contributed by atoms with Crippen molar-refractivity contribution in [2.24, 2.45) is 0 Å². The Morgan fingerprint density at radius 3 is 2.70 bits per heavy atom. The van der Waals surface area contributed by atoms with Crippen LogP contribution in [0.5, 0.6) is 0 Å². The van der Waals surface area contributed by atoms with Crippen LogP contribution < -0.4 is 5.32 Å². The predicted molar refractivity (Wildman–Crippen MR) is 80.5 cm³/mol. The van der Waals surface area contributed by atoms with Gasteiger partial charge in [0.05, 0.1) is 4.92 Å². The topological polar surface area (TPSA) is 55.2 Å². The van der Waals surface area contributed by atoms with Gasteiger partial charge in [0.2, 0.25) is 0 Å². The molecule has 4 heteroatoms. The first-order chi connectivity index (χ1) is 9.72. The molecule has 0 spiro atoms. The molecule has 0 unspecified atom stereocenters. The molecular weight excluding hydrogens is 252 g/mol. The van der Waals surface area contributed by atoms with Crippen LogP contribution in [-0.2, 0) is 6.54 Å². The van der Waals surface area contributed by atoms with Gasteiger partial charge in [0.15, 0.2) is 0 Å². The average Bonchev–Trinajstić information content (AvgIpc) is 2.48. The SMILES string of the molecule is CCCNCc1ccccc1-c1cccc([N+](=O)[O-])c1. The Kier molecular flexibility index (Phi) is 4.85. The molecular formula is C16H18N2O2. The molecule has 2 rings (SSSR count). The van der Waals surface area contributed by atoms with Gasteiger partial charge in [0.1, 0.15) is 0 Å². The number of nitrogens with one attached hydrogen (secondary N) is 1. The Hall–Kier alpha value is -2.20. The second-order valence-corrected chi connectivity index (χ2v) is 4.64. The van der Waals surface area contributed by atoms with E-state index in [0.717, 1.165) is 36.2 Å². The first-order valence-electron chi connectivity index (χ1n) is 6.76. The first kappa shape index (κ1) is 14.2. The van der Waals surface area contributed by atoms with Gasteiger partial charge in [-0.1, -0.05) is 43.3 Å². The second kappa shape index (κ2) is 6.82. The van der Waals surface area contributed by atoms with Gasteiger partial charge in [0.25, 0.3) is 5.69 Å². The van der Waals surface area contributed by atoms with Crippen molar-refractivity contribution in [1.82, 2.24) is 5.32 Å². The highest BCUT2D eigenvalue weighted by molar-refractivity contribution is 5.69. The number of hydrogen-bond acceptors (Lipinski definition) is 3. The highest BCUT2D eigenvalue weighted by Crippen LogP contribution is 2.26. The number of nitro benzene ring substituents is 1. The van der Waals surface area contributed by atoms with E-state index in [9.17, 15) is 10.1 Å². The maximum Gasteiger partial charge on any atom is 0.270 e. The molecule has 0 aromatic heterocycles. The van der Waals surface area contributed by atoms with Crippen LogP contribution in [-0.4, -0.2) is 11.5 Å². The first-order valence-corrected chi connectivity index (χ1v) is 6.76. The Morgan fingerprint density at radius 2 is 1.95 bits per heavy atom. The van der Waals surface area contributed by atoms with Crippen LogP contribution in [0.25, 0.3) is 11.1 Å². The zero-order chi connectivity index (χ0) is 14.4. The Bertz CT molecular complexity index is 597. The third-order valence-electron chi connectivity index (χ3n) is 3.13. The van der Waals surface area contributed by atoms with E-state index in [-0.39, 0.29) is 10.6 Å². The second-order valence-electron chi connectivity index (χ2n) is 4.64. The van der Waals surface area contributed by atoms with Crippen molar-refractivity contribution in [3.05, 3.63) is 64.2 Å². The molecule has 1 N–H and O–H groups in total. The van der Waals surface area contributed by atoms with E-state index >= 15 is 0 Å². The van der Waals surface area contributed by atoms with Crippen molar-refractivity contribution in [1.29, 1.82) is 0 Å². The number of benzene rings is 2. The highest BCUT2D eigenvalue weighted by atomic mass is 16.6. The lowest BCUT2D eigenvalue weighted by Gasteiger charge is -2.10. The number of non-ortho nitro benzene ring substituents is 1. The molecule has 20 heavy (non-hydrogen) atoms. The van der Waals surface area contributed by atoms with Crippen molar-refractivity contribution in [3.63, 3.8) is 0 Å². The van der Waals surface area contributed by atoms with Crippen molar-refractivity contribution < 1.29 is 4.92 Å². The standard InChI is InChI=1S/C16H18N2O2/c1-2-10-17-12-14-6-3-4-9-16(14)13-7-5-8-15(11-13)18(19)20/h3-9,11,17H,2,10,12H2,1H3. The molecule has 2 aromatic rings. The van der Waals surface area contributed by atoms with Gasteiger partial charge in [0, 0.05) is 18.7 Å². The molecule has 0 fully saturated rings. The van der Waals surface area contributed by atoms with Crippen LogP contribution in [0.2, 0.25) is 0 Å². The average molecular weight is 270 g/mol. The fourth-order valence-corrected chi connectivity index (χ4v) is 2.14. The fraction of sp³-hybridized carbons (Fsp3) is 0.250. The summed E-state index contributed by atoms with van der Waals surface area (Å²) in [6.45, 7) is 3.86. The van der Waals surface area contributed by atoms with Gasteiger partial charge < -0.3 is 5.32 Å². The molecule has 104 valence electrons. The minimum Gasteiger partial charge on any atom is -0.313 e. The molecule has 0 saturated heterocycles. The normalized spacial score (nSPS) is 10.4. The van der Waals surface area contributed by atoms with Gasteiger partial charge in [-0.3, -0.25) is 10.1 Å². The van der Waals surface area contributed by atoms with Gasteiger partial charge in [-0.25, -0.2) is 0 Å². The van der Waals surface area contributed by atoms with Crippen molar-refractivity contribution in [3.8, 4) is 11.1 Å². The quantitative estimate of drug-likeness (QED) is 0.494. The smallest absolute Gasteiger partial charge is 0.270 e. The molecule has 0 heterocycles. The zero-order valence-corrected chi connectivity index (χ0v) is 11.5. The van der Waals surface area contributed by atoms with E-state index in [1.54, 1.807) is 12.1 Å². The predicted octanol–water partition coefficient (Wildman–Crippen LogP) is 3.76. The number of rotatable bonds is 6. The highest BCUT2D eigenvalue weighted by Gasteiger charge is 2.09. The van der Waals surface area contributed by atoms with Crippen molar-refractivity contribution in [2.45, 2.75) is 19.9 Å². The molecule has 0 amide bonds. The summed E-state index contributed by atoms with van der Waals surface area (Å²) in [6, 6.07) is 14.8. The summed E-state index contributed by atoms with van der Waals surface area (Å²) in [5.74, 6) is 0. The van der Waals surface area contributed by atoms with E-state index < -0.39 is 0 Å². The fourth-order valence-electron chi connectivity index (χ4n) is 2.14. The van der Waals surface area contributed by atoms with Crippen LogP contribution >= 0.6 is 0 Å². The molecule has 2 aromatic carbocycles. The van der Waals surface area contributed by atoms with E-state index in [0.29, 0.717) is 0 Å². The summed E-state index contributed by atoms with van der Waals surface area (Å²) >= 11 is 0. The summed E-state index contributed by atoms with van der Waals surface area (Å²) in [7, 11) is 0. The monoisotopic (exact) mass is 270 g/mol. The van der Waals surface area contributed by atoms with Crippen LogP contribution in [0.15, 0.2) is 48.5 Å². The summed E-state index contributed by atoms with van der Waals surface area (Å²) in [5.41, 5.74) is 3.20. The lowest BCUT2D eigenvalue weighted by Crippen LogP contribution is -2.14. The largest absolute Gasteiger partial charge is 0.313 e. The molecule has 0 aliphatic carbocycles. The lowest BCUT2D eigenvalue weighted by molar-refractivity contribution is -0.384. The maximum atomic E-state index is 10.9. The lowest BCUT2D eigenvalue weighted by atomic mass is 9.99. The van der Waals surface area contributed by atoms with Crippen LogP contribution in [0, 0.1) is 10.1 Å². The Balaban J connectivity index is 2.32. The summed E-state index contributed by atoms with van der Waals surface area (Å²) in [6.07, 6.45) is 1.08. The summed E-state index contributed by atoms with van der Waals surface area (Å²) in [4.78, 5) is 10.5. The molecule has 0 aliphatic heterocycles. The minimum atomic E-state index is -0.360. The number of nitro groups is 1. The summed E-state index contributed by atoms with van der Waals surface area (Å²) < 4.78 is 0. The Morgan fingerprint density at radius 1 is 1.15 bits per heavy atom. The number of nitrogens with zero attached hydrogens (tertiary/aromatic N) is 1. The van der Waals surface area contributed by atoms with E-state index in [4.69, 9.17) is 0 Å². The molecule has 0 atom stereocenters. The minimum absolute atomic E-state index is 0.124. The maximum absolute atomic E-state index is 10.9. The molecule has 0 aliphatic rings. The third kappa shape index (κ3) is 3.42. The zero-order valence-electron chi connectivity index (χ0n) is 11.5. The van der Waals surface area contributed by atoms with E-state index in [2.05, 4.69) is 18.3 Å². The third-order valence-corrected chi connectivity index (χ3v) is 3.13. The van der Waals surface area contributed by atoms with Crippen LogP contribution in [0.1, 0.15) is 18.9 Å². The molecule has 0 saturated carbocycles. The van der Waals surface area contributed by atoms with Crippen LogP contribution in [0.4, 0.5) is 5.69 Å². The van der Waals surface area contributed by atoms with Crippen molar-refractivity contribution >= 4 is 5.69 Å². The van der Waals surface area contributed by atoms with Gasteiger partial charge >= 0.3 is 0 Å². The van der Waals surface area contributed by atoms with Gasteiger partial charge in [-0.2, -0.15) is 0 Å². The molecule has 4 nitrogen and oxygen atoms in total. The van der Waals surface area contributed by atoms with Crippen LogP contribution in [0.3, 0.4) is 0 Å². The van der Waals surface area contributed by atoms with Gasteiger partial charge in [-0.15, -0.1) is 0 Å². The van der Waals surface area contributed by atoms with E-state index in [1.165, 1.54) is 6.07 Å². The number of hydrogen-bond donors (Lipinski definition) is 1. The molecule has 0 radical (unpaired) electrons. The summed E-state index contributed by atoms with van der Waals surface area (Å²) in [5, 5.41) is 14.2. The molecule has 0 bridgehead atoms. The van der Waals surface area contributed by atoms with E-state index in [1.807, 2.05) is 24.3 Å².